The van der Waals surface area contributed by atoms with E-state index in [1.807, 2.05) is 0 Å². The van der Waals surface area contributed by atoms with E-state index in [1.54, 1.807) is 0 Å². The lowest BCUT2D eigenvalue weighted by Gasteiger charge is -2.12. The fourth-order valence-corrected chi connectivity index (χ4v) is 2.93. The molecule has 2 nitrogen and oxygen atoms in total. The molecule has 1 saturated heterocycles. The summed E-state index contributed by atoms with van der Waals surface area (Å²) in [6.07, 6.45) is 6.10. The number of nitrogens with one attached hydrogen (secondary N) is 2. The van der Waals surface area contributed by atoms with Crippen molar-refractivity contribution < 1.29 is 0 Å². The molecule has 2 heterocycles. The average molecular weight is 228 g/mol. The number of aromatic amines is 1. The molecule has 1 unspecified atom stereocenters. The number of benzene rings is 1. The molecule has 1 aromatic carbocycles. The minimum atomic E-state index is 0.724. The van der Waals surface area contributed by atoms with Crippen molar-refractivity contribution in [3.63, 3.8) is 0 Å². The highest BCUT2D eigenvalue weighted by Gasteiger charge is 2.17. The lowest BCUT2D eigenvalue weighted by Crippen LogP contribution is -2.13. The van der Waals surface area contributed by atoms with E-state index in [2.05, 4.69) is 41.6 Å². The molecule has 2 N–H and O–H groups in total. The minimum Gasteiger partial charge on any atom is -0.361 e. The Bertz CT molecular complexity index is 505. The summed E-state index contributed by atoms with van der Waals surface area (Å²) in [5.41, 5.74) is 4.13. The van der Waals surface area contributed by atoms with Crippen LogP contribution in [0.5, 0.6) is 0 Å². The van der Waals surface area contributed by atoms with Crippen molar-refractivity contribution in [3.05, 3.63) is 35.5 Å². The van der Waals surface area contributed by atoms with Crippen molar-refractivity contribution in [2.75, 3.05) is 13.1 Å². The van der Waals surface area contributed by atoms with Gasteiger partial charge in [-0.25, -0.2) is 0 Å². The van der Waals surface area contributed by atoms with Crippen LogP contribution in [0.2, 0.25) is 0 Å². The van der Waals surface area contributed by atoms with Gasteiger partial charge >= 0.3 is 0 Å². The van der Waals surface area contributed by atoms with Gasteiger partial charge in [0, 0.05) is 17.1 Å². The molecule has 90 valence electrons. The van der Waals surface area contributed by atoms with Crippen molar-refractivity contribution in [1.82, 2.24) is 10.3 Å². The van der Waals surface area contributed by atoms with Crippen LogP contribution in [-0.2, 0) is 0 Å². The van der Waals surface area contributed by atoms with Gasteiger partial charge < -0.3 is 10.3 Å². The summed E-state index contributed by atoms with van der Waals surface area (Å²) < 4.78 is 0. The molecule has 0 radical (unpaired) electrons. The molecule has 2 aromatic rings. The maximum Gasteiger partial charge on any atom is 0.0459 e. The maximum absolute atomic E-state index is 3.49. The van der Waals surface area contributed by atoms with Crippen molar-refractivity contribution in [3.8, 4) is 0 Å². The predicted octanol–water partition coefficient (Wildman–Crippen LogP) is 3.33. The van der Waals surface area contributed by atoms with Gasteiger partial charge in [-0.15, -0.1) is 0 Å². The number of H-pyrrole nitrogens is 1. The summed E-state index contributed by atoms with van der Waals surface area (Å²) in [5.74, 6) is 0.724. The standard InChI is InChI=1S/C15H20N2/c1-11-4-5-13-14(10-17-15(13)9-11)12-3-2-7-16-8-6-12/h4-5,9-10,12,16-17H,2-3,6-8H2,1H3. The van der Waals surface area contributed by atoms with Crippen molar-refractivity contribution in [2.24, 2.45) is 0 Å². The Labute approximate surface area is 102 Å². The Hall–Kier alpha value is -1.28. The SMILES string of the molecule is Cc1ccc2c(C3CCCNCC3)c[nH]c2c1. The van der Waals surface area contributed by atoms with Crippen LogP contribution in [-0.4, -0.2) is 18.1 Å². The molecule has 1 fully saturated rings. The summed E-state index contributed by atoms with van der Waals surface area (Å²) in [7, 11) is 0. The van der Waals surface area contributed by atoms with Crippen LogP contribution in [0.25, 0.3) is 10.9 Å². The van der Waals surface area contributed by atoms with Crippen molar-refractivity contribution >= 4 is 10.9 Å². The number of hydrogen-bond acceptors (Lipinski definition) is 1. The highest BCUT2D eigenvalue weighted by atomic mass is 14.8. The zero-order chi connectivity index (χ0) is 11.7. The fourth-order valence-electron chi connectivity index (χ4n) is 2.93. The number of hydrogen-bond donors (Lipinski definition) is 2. The van der Waals surface area contributed by atoms with Gasteiger partial charge in [-0.2, -0.15) is 0 Å². The molecule has 1 aliphatic heterocycles. The van der Waals surface area contributed by atoms with Gasteiger partial charge in [0.05, 0.1) is 0 Å². The second-order valence-corrected chi connectivity index (χ2v) is 5.17. The quantitative estimate of drug-likeness (QED) is 0.770. The highest BCUT2D eigenvalue weighted by Crippen LogP contribution is 2.32. The third-order valence-corrected chi connectivity index (χ3v) is 3.88. The fraction of sp³-hybridized carbons (Fsp3) is 0.467. The zero-order valence-electron chi connectivity index (χ0n) is 10.4. The lowest BCUT2D eigenvalue weighted by atomic mass is 9.91. The van der Waals surface area contributed by atoms with E-state index in [9.17, 15) is 0 Å². The lowest BCUT2D eigenvalue weighted by molar-refractivity contribution is 0.613. The van der Waals surface area contributed by atoms with Crippen LogP contribution in [0.3, 0.4) is 0 Å². The largest absolute Gasteiger partial charge is 0.361 e. The third kappa shape index (κ3) is 2.09. The van der Waals surface area contributed by atoms with E-state index >= 15 is 0 Å². The molecule has 3 rings (SSSR count). The third-order valence-electron chi connectivity index (χ3n) is 3.88. The predicted molar refractivity (Wildman–Crippen MR) is 72.5 cm³/mol. The summed E-state index contributed by atoms with van der Waals surface area (Å²) >= 11 is 0. The second-order valence-electron chi connectivity index (χ2n) is 5.17. The van der Waals surface area contributed by atoms with Crippen molar-refractivity contribution in [1.29, 1.82) is 0 Å². The normalized spacial score (nSPS) is 21.6. The number of aromatic nitrogens is 1. The molecule has 0 amide bonds. The summed E-state index contributed by atoms with van der Waals surface area (Å²) in [4.78, 5) is 3.43. The Morgan fingerprint density at radius 1 is 1.18 bits per heavy atom. The molecule has 2 heteroatoms. The van der Waals surface area contributed by atoms with Gasteiger partial charge in [0.1, 0.15) is 0 Å². The van der Waals surface area contributed by atoms with E-state index in [4.69, 9.17) is 0 Å². The minimum absolute atomic E-state index is 0.724. The molecule has 0 bridgehead atoms. The van der Waals surface area contributed by atoms with Gasteiger partial charge in [-0.3, -0.25) is 0 Å². The maximum atomic E-state index is 3.49. The van der Waals surface area contributed by atoms with Gasteiger partial charge in [0.2, 0.25) is 0 Å². The topological polar surface area (TPSA) is 27.8 Å². The number of aryl methyl sites for hydroxylation is 1. The first-order valence-corrected chi connectivity index (χ1v) is 6.63. The molecule has 0 spiro atoms. The average Bonchev–Trinajstić information content (AvgIpc) is 2.57. The summed E-state index contributed by atoms with van der Waals surface area (Å²) in [6.45, 7) is 4.48. The number of rotatable bonds is 1. The molecule has 1 atom stereocenters. The van der Waals surface area contributed by atoms with Gasteiger partial charge in [0.25, 0.3) is 0 Å². The summed E-state index contributed by atoms with van der Waals surface area (Å²) in [5, 5.41) is 4.91. The van der Waals surface area contributed by atoms with E-state index in [-0.39, 0.29) is 0 Å². The molecule has 17 heavy (non-hydrogen) atoms. The Balaban J connectivity index is 1.98. The first-order chi connectivity index (χ1) is 8.34. The molecule has 1 aliphatic rings. The van der Waals surface area contributed by atoms with Crippen LogP contribution in [0.15, 0.2) is 24.4 Å². The Morgan fingerprint density at radius 3 is 3.06 bits per heavy atom. The summed E-state index contributed by atoms with van der Waals surface area (Å²) in [6, 6.07) is 6.73. The van der Waals surface area contributed by atoms with E-state index in [0.717, 1.165) is 12.5 Å². The van der Waals surface area contributed by atoms with Crippen LogP contribution >= 0.6 is 0 Å². The van der Waals surface area contributed by atoms with Gasteiger partial charge in [-0.1, -0.05) is 12.1 Å². The van der Waals surface area contributed by atoms with Crippen LogP contribution in [0, 0.1) is 6.92 Å². The van der Waals surface area contributed by atoms with Crippen LogP contribution < -0.4 is 5.32 Å². The highest BCUT2D eigenvalue weighted by molar-refractivity contribution is 5.84. The molecule has 0 saturated carbocycles. The van der Waals surface area contributed by atoms with Crippen molar-refractivity contribution in [2.45, 2.75) is 32.1 Å². The Kier molecular flexibility index (Phi) is 2.89. The van der Waals surface area contributed by atoms with E-state index < -0.39 is 0 Å². The van der Waals surface area contributed by atoms with Crippen LogP contribution in [0.4, 0.5) is 0 Å². The Morgan fingerprint density at radius 2 is 2.12 bits per heavy atom. The second kappa shape index (κ2) is 4.53. The first-order valence-electron chi connectivity index (χ1n) is 6.63. The smallest absolute Gasteiger partial charge is 0.0459 e. The van der Waals surface area contributed by atoms with E-state index in [0.29, 0.717) is 0 Å². The first kappa shape index (κ1) is 10.8. The molecular weight excluding hydrogens is 208 g/mol. The number of fused-ring (bicyclic) bond motifs is 1. The molecular formula is C15H20N2. The van der Waals surface area contributed by atoms with Gasteiger partial charge in [0.15, 0.2) is 0 Å². The molecule has 0 aliphatic carbocycles. The molecule has 1 aromatic heterocycles. The van der Waals surface area contributed by atoms with Gasteiger partial charge in [-0.05, 0) is 62.4 Å². The monoisotopic (exact) mass is 228 g/mol. The van der Waals surface area contributed by atoms with E-state index in [1.165, 1.54) is 47.8 Å². The zero-order valence-corrected chi connectivity index (χ0v) is 10.4. The van der Waals surface area contributed by atoms with Crippen LogP contribution in [0.1, 0.15) is 36.3 Å².